The van der Waals surface area contributed by atoms with Crippen molar-refractivity contribution >= 4 is 11.7 Å². The third kappa shape index (κ3) is 2.85. The first-order chi connectivity index (χ1) is 9.13. The van der Waals surface area contributed by atoms with E-state index in [1.165, 1.54) is 0 Å². The van der Waals surface area contributed by atoms with Crippen LogP contribution in [0.1, 0.15) is 12.5 Å². The van der Waals surface area contributed by atoms with Crippen molar-refractivity contribution in [1.29, 1.82) is 5.26 Å². The highest BCUT2D eigenvalue weighted by atomic mass is 16.4. The zero-order valence-electron chi connectivity index (χ0n) is 10.8. The second-order valence-corrected chi connectivity index (χ2v) is 4.82. The first-order valence-corrected chi connectivity index (χ1v) is 6.32. The van der Waals surface area contributed by atoms with Crippen molar-refractivity contribution in [1.82, 2.24) is 5.32 Å². The predicted molar refractivity (Wildman–Crippen MR) is 72.0 cm³/mol. The van der Waals surface area contributed by atoms with Gasteiger partial charge in [-0.05, 0) is 19.1 Å². The van der Waals surface area contributed by atoms with Gasteiger partial charge in [0.05, 0.1) is 17.2 Å². The molecular weight excluding hydrogens is 242 g/mol. The summed E-state index contributed by atoms with van der Waals surface area (Å²) in [5.41, 5.74) is 1.40. The smallest absolute Gasteiger partial charge is 0.309 e. The molecular formula is C14H17N3O2. The van der Waals surface area contributed by atoms with Gasteiger partial charge in [-0.1, -0.05) is 12.1 Å². The molecule has 19 heavy (non-hydrogen) atoms. The monoisotopic (exact) mass is 259 g/mol. The van der Waals surface area contributed by atoms with Crippen LogP contribution in [0, 0.1) is 17.2 Å². The number of aliphatic carboxylic acids is 1. The third-order valence-corrected chi connectivity index (χ3v) is 3.46. The Balaban J connectivity index is 2.34. The van der Waals surface area contributed by atoms with E-state index in [-0.39, 0.29) is 6.04 Å². The number of rotatable bonds is 2. The summed E-state index contributed by atoms with van der Waals surface area (Å²) in [6, 6.07) is 9.64. The molecule has 2 unspecified atom stereocenters. The number of carboxylic acid groups (broad SMARTS) is 1. The van der Waals surface area contributed by atoms with Crippen LogP contribution in [0.4, 0.5) is 5.69 Å². The normalized spacial score (nSPS) is 23.5. The first kappa shape index (κ1) is 13.4. The zero-order chi connectivity index (χ0) is 13.8. The van der Waals surface area contributed by atoms with Gasteiger partial charge in [0.15, 0.2) is 0 Å². The van der Waals surface area contributed by atoms with Crippen molar-refractivity contribution in [3.05, 3.63) is 29.8 Å². The van der Waals surface area contributed by atoms with Crippen LogP contribution in [0.15, 0.2) is 24.3 Å². The highest BCUT2D eigenvalue weighted by molar-refractivity contribution is 5.72. The Labute approximate surface area is 112 Å². The molecule has 2 N–H and O–H groups in total. The van der Waals surface area contributed by atoms with Crippen LogP contribution in [0.25, 0.3) is 0 Å². The maximum absolute atomic E-state index is 11.2. The van der Waals surface area contributed by atoms with E-state index < -0.39 is 11.9 Å². The van der Waals surface area contributed by atoms with Crippen LogP contribution in [0.5, 0.6) is 0 Å². The molecule has 1 aromatic rings. The van der Waals surface area contributed by atoms with E-state index in [1.807, 2.05) is 30.0 Å². The van der Waals surface area contributed by atoms with Gasteiger partial charge in [-0.3, -0.25) is 4.79 Å². The zero-order valence-corrected chi connectivity index (χ0v) is 10.8. The van der Waals surface area contributed by atoms with Gasteiger partial charge in [-0.15, -0.1) is 0 Å². The van der Waals surface area contributed by atoms with E-state index in [0.29, 0.717) is 25.2 Å². The Bertz CT molecular complexity index is 510. The van der Waals surface area contributed by atoms with E-state index in [2.05, 4.69) is 11.4 Å². The van der Waals surface area contributed by atoms with Crippen LogP contribution in [-0.2, 0) is 4.79 Å². The maximum atomic E-state index is 11.2. The molecule has 2 atom stereocenters. The third-order valence-electron chi connectivity index (χ3n) is 3.46. The van der Waals surface area contributed by atoms with Crippen molar-refractivity contribution in [3.8, 4) is 6.07 Å². The Morgan fingerprint density at radius 3 is 2.89 bits per heavy atom. The molecule has 0 aliphatic carbocycles. The number of carbonyl (C=O) groups is 1. The molecule has 5 nitrogen and oxygen atoms in total. The average Bonchev–Trinajstić information content (AvgIpc) is 2.60. The fraction of sp³-hybridized carbons (Fsp3) is 0.429. The number of hydrogen-bond donors (Lipinski definition) is 2. The van der Waals surface area contributed by atoms with E-state index in [4.69, 9.17) is 0 Å². The molecule has 1 aliphatic rings. The lowest BCUT2D eigenvalue weighted by Gasteiger charge is -2.31. The molecule has 1 aliphatic heterocycles. The molecule has 0 amide bonds. The molecule has 0 spiro atoms. The molecule has 1 aromatic carbocycles. The predicted octanol–water partition coefficient (Wildman–Crippen LogP) is 1.06. The number of carboxylic acids is 1. The SMILES string of the molecule is CC1CNCC(C(=O)O)CN1c1ccccc1C#N. The highest BCUT2D eigenvalue weighted by Crippen LogP contribution is 2.24. The molecule has 0 bridgehead atoms. The van der Waals surface area contributed by atoms with Crippen LogP contribution in [-0.4, -0.2) is 36.8 Å². The number of para-hydroxylation sites is 1. The Kier molecular flexibility index (Phi) is 4.03. The van der Waals surface area contributed by atoms with Gasteiger partial charge >= 0.3 is 5.97 Å². The van der Waals surface area contributed by atoms with Crippen LogP contribution in [0.2, 0.25) is 0 Å². The number of anilines is 1. The summed E-state index contributed by atoms with van der Waals surface area (Å²) in [4.78, 5) is 13.2. The molecule has 0 radical (unpaired) electrons. The molecule has 100 valence electrons. The van der Waals surface area contributed by atoms with Crippen molar-refractivity contribution in [2.75, 3.05) is 24.5 Å². The number of benzene rings is 1. The average molecular weight is 259 g/mol. The van der Waals surface area contributed by atoms with Crippen LogP contribution in [0.3, 0.4) is 0 Å². The molecule has 1 fully saturated rings. The summed E-state index contributed by atoms with van der Waals surface area (Å²) in [7, 11) is 0. The Morgan fingerprint density at radius 1 is 1.47 bits per heavy atom. The van der Waals surface area contributed by atoms with Crippen LogP contribution >= 0.6 is 0 Å². The standard InChI is InChI=1S/C14H17N3O2/c1-10-7-16-8-12(14(18)19)9-17(10)13-5-3-2-4-11(13)6-15/h2-5,10,12,16H,7-9H2,1H3,(H,18,19). The van der Waals surface area contributed by atoms with Gasteiger partial charge in [0.1, 0.15) is 6.07 Å². The van der Waals surface area contributed by atoms with E-state index >= 15 is 0 Å². The van der Waals surface area contributed by atoms with E-state index in [1.54, 1.807) is 6.07 Å². The number of nitrogens with one attached hydrogen (secondary N) is 1. The van der Waals surface area contributed by atoms with Gasteiger partial charge in [-0.2, -0.15) is 5.26 Å². The number of nitriles is 1. The lowest BCUT2D eigenvalue weighted by Crippen LogP contribution is -2.39. The lowest BCUT2D eigenvalue weighted by molar-refractivity contribution is -0.141. The molecule has 0 aromatic heterocycles. The first-order valence-electron chi connectivity index (χ1n) is 6.32. The number of nitrogens with zero attached hydrogens (tertiary/aromatic N) is 2. The molecule has 5 heteroatoms. The summed E-state index contributed by atoms with van der Waals surface area (Å²) in [5.74, 6) is -1.27. The number of hydrogen-bond acceptors (Lipinski definition) is 4. The van der Waals surface area contributed by atoms with Gasteiger partial charge in [0.25, 0.3) is 0 Å². The van der Waals surface area contributed by atoms with Gasteiger partial charge < -0.3 is 15.3 Å². The maximum Gasteiger partial charge on any atom is 0.309 e. The van der Waals surface area contributed by atoms with Crippen molar-refractivity contribution in [2.24, 2.45) is 5.92 Å². The topological polar surface area (TPSA) is 76.4 Å². The summed E-state index contributed by atoms with van der Waals surface area (Å²) in [6.07, 6.45) is 0. The minimum absolute atomic E-state index is 0.152. The Morgan fingerprint density at radius 2 is 2.21 bits per heavy atom. The molecule has 2 rings (SSSR count). The van der Waals surface area contributed by atoms with Gasteiger partial charge in [-0.25, -0.2) is 0 Å². The summed E-state index contributed by atoms with van der Waals surface area (Å²) < 4.78 is 0. The summed E-state index contributed by atoms with van der Waals surface area (Å²) in [5, 5.41) is 21.5. The van der Waals surface area contributed by atoms with E-state index in [0.717, 1.165) is 5.69 Å². The van der Waals surface area contributed by atoms with Gasteiger partial charge in [0, 0.05) is 25.7 Å². The summed E-state index contributed by atoms with van der Waals surface area (Å²) >= 11 is 0. The van der Waals surface area contributed by atoms with Gasteiger partial charge in [0.2, 0.25) is 0 Å². The van der Waals surface area contributed by atoms with Crippen molar-refractivity contribution in [2.45, 2.75) is 13.0 Å². The second-order valence-electron chi connectivity index (χ2n) is 4.82. The largest absolute Gasteiger partial charge is 0.481 e. The Hall–Kier alpha value is -2.06. The minimum Gasteiger partial charge on any atom is -0.481 e. The fourth-order valence-electron chi connectivity index (χ4n) is 2.38. The molecule has 1 heterocycles. The van der Waals surface area contributed by atoms with Crippen molar-refractivity contribution in [3.63, 3.8) is 0 Å². The second kappa shape index (κ2) is 5.72. The minimum atomic E-state index is -0.805. The van der Waals surface area contributed by atoms with Crippen LogP contribution < -0.4 is 10.2 Å². The van der Waals surface area contributed by atoms with Crippen molar-refractivity contribution < 1.29 is 9.90 Å². The molecule has 1 saturated heterocycles. The summed E-state index contributed by atoms with van der Waals surface area (Å²) in [6.45, 7) is 3.63. The quantitative estimate of drug-likeness (QED) is 0.830. The lowest BCUT2D eigenvalue weighted by atomic mass is 10.1. The highest BCUT2D eigenvalue weighted by Gasteiger charge is 2.28. The van der Waals surface area contributed by atoms with E-state index in [9.17, 15) is 15.2 Å². The molecule has 0 saturated carbocycles. The fourth-order valence-corrected chi connectivity index (χ4v) is 2.38.